The second-order valence-corrected chi connectivity index (χ2v) is 4.38. The topological polar surface area (TPSA) is 20.2 Å². The molecule has 1 atom stereocenters. The van der Waals surface area contributed by atoms with Crippen LogP contribution in [0.3, 0.4) is 0 Å². The lowest BCUT2D eigenvalue weighted by atomic mass is 10.0. The molecule has 0 fully saturated rings. The fourth-order valence-corrected chi connectivity index (χ4v) is 1.60. The van der Waals surface area contributed by atoms with Gasteiger partial charge in [-0.1, -0.05) is 17.7 Å². The van der Waals surface area contributed by atoms with Crippen molar-refractivity contribution in [3.05, 3.63) is 34.3 Å². The minimum absolute atomic E-state index is 0.633. The van der Waals surface area contributed by atoms with Gasteiger partial charge in [-0.2, -0.15) is 0 Å². The Hall–Kier alpha value is 0.0500. The normalized spacial score (nSPS) is 13.4. The van der Waals surface area contributed by atoms with Gasteiger partial charge in [-0.15, -0.1) is 23.2 Å². The van der Waals surface area contributed by atoms with Crippen molar-refractivity contribution in [2.45, 2.75) is 17.9 Å². The van der Waals surface area contributed by atoms with Gasteiger partial charge in [0.25, 0.3) is 0 Å². The first-order valence-electron chi connectivity index (χ1n) is 3.74. The zero-order valence-electron chi connectivity index (χ0n) is 6.97. The van der Waals surface area contributed by atoms with Crippen LogP contribution in [0.1, 0.15) is 17.2 Å². The Balaban J connectivity index is 3.01. The lowest BCUT2D eigenvalue weighted by Gasteiger charge is -2.14. The highest BCUT2D eigenvalue weighted by molar-refractivity contribution is 6.44. The van der Waals surface area contributed by atoms with Crippen molar-refractivity contribution in [2.75, 3.05) is 0 Å². The first-order chi connectivity index (χ1) is 6.02. The van der Waals surface area contributed by atoms with E-state index in [4.69, 9.17) is 34.8 Å². The quantitative estimate of drug-likeness (QED) is 0.784. The molecule has 13 heavy (non-hydrogen) atoms. The SMILES string of the molecule is Cc1cc(Cl)ccc1C(O)C(Cl)Cl. The van der Waals surface area contributed by atoms with E-state index in [1.807, 2.05) is 6.92 Å². The van der Waals surface area contributed by atoms with Crippen molar-refractivity contribution in [3.8, 4) is 0 Å². The van der Waals surface area contributed by atoms with E-state index in [1.165, 1.54) is 0 Å². The zero-order valence-corrected chi connectivity index (χ0v) is 9.24. The summed E-state index contributed by atoms with van der Waals surface area (Å²) in [5, 5.41) is 10.2. The molecular weight excluding hydrogens is 230 g/mol. The third kappa shape index (κ3) is 2.75. The van der Waals surface area contributed by atoms with E-state index in [0.29, 0.717) is 10.6 Å². The average Bonchev–Trinajstić information content (AvgIpc) is 2.03. The number of alkyl halides is 2. The largest absolute Gasteiger partial charge is 0.386 e. The van der Waals surface area contributed by atoms with Crippen LogP contribution in [-0.2, 0) is 0 Å². The van der Waals surface area contributed by atoms with E-state index in [-0.39, 0.29) is 0 Å². The minimum Gasteiger partial charge on any atom is -0.386 e. The fourth-order valence-electron chi connectivity index (χ4n) is 1.11. The molecule has 0 heterocycles. The summed E-state index contributed by atoms with van der Waals surface area (Å²) < 4.78 is 0. The monoisotopic (exact) mass is 238 g/mol. The van der Waals surface area contributed by atoms with Crippen LogP contribution in [0, 0.1) is 6.92 Å². The lowest BCUT2D eigenvalue weighted by molar-refractivity contribution is 0.192. The van der Waals surface area contributed by atoms with E-state index in [1.54, 1.807) is 18.2 Å². The molecular formula is C9H9Cl3O. The molecule has 4 heteroatoms. The molecule has 1 rings (SSSR count). The van der Waals surface area contributed by atoms with Gasteiger partial charge in [0.2, 0.25) is 0 Å². The molecule has 1 aromatic carbocycles. The standard InChI is InChI=1S/C9H9Cl3O/c1-5-4-6(10)2-3-7(5)8(13)9(11)12/h2-4,8-9,13H,1H3. The molecule has 0 aliphatic heterocycles. The molecule has 1 aromatic rings. The molecule has 0 amide bonds. The van der Waals surface area contributed by atoms with Crippen molar-refractivity contribution in [3.63, 3.8) is 0 Å². The van der Waals surface area contributed by atoms with Crippen LogP contribution in [0.2, 0.25) is 5.02 Å². The van der Waals surface area contributed by atoms with Gasteiger partial charge in [0.15, 0.2) is 0 Å². The molecule has 0 saturated heterocycles. The second-order valence-electron chi connectivity index (χ2n) is 2.78. The Labute approximate surface area is 92.2 Å². The van der Waals surface area contributed by atoms with Crippen molar-refractivity contribution in [1.29, 1.82) is 0 Å². The third-order valence-corrected chi connectivity index (χ3v) is 2.50. The van der Waals surface area contributed by atoms with Gasteiger partial charge in [-0.3, -0.25) is 0 Å². The fraction of sp³-hybridized carbons (Fsp3) is 0.333. The summed E-state index contributed by atoms with van der Waals surface area (Å²) in [6.45, 7) is 1.85. The molecule has 0 aliphatic carbocycles. The molecule has 1 nitrogen and oxygen atoms in total. The van der Waals surface area contributed by atoms with E-state index in [9.17, 15) is 5.11 Å². The first kappa shape index (κ1) is 11.1. The molecule has 0 aromatic heterocycles. The number of halogens is 3. The predicted molar refractivity (Wildman–Crippen MR) is 56.6 cm³/mol. The van der Waals surface area contributed by atoms with Gasteiger partial charge in [0, 0.05) is 5.02 Å². The molecule has 0 radical (unpaired) electrons. The highest BCUT2D eigenvalue weighted by Crippen LogP contribution is 2.27. The van der Waals surface area contributed by atoms with E-state index in [2.05, 4.69) is 0 Å². The maximum absolute atomic E-state index is 9.56. The Morgan fingerprint density at radius 3 is 2.38 bits per heavy atom. The number of rotatable bonds is 2. The number of hydrogen-bond acceptors (Lipinski definition) is 1. The van der Waals surface area contributed by atoms with Gasteiger partial charge in [0.05, 0.1) is 0 Å². The highest BCUT2D eigenvalue weighted by Gasteiger charge is 2.17. The maximum Gasteiger partial charge on any atom is 0.137 e. The number of aliphatic hydroxyl groups is 1. The molecule has 0 spiro atoms. The van der Waals surface area contributed by atoms with Crippen LogP contribution in [0.5, 0.6) is 0 Å². The summed E-state index contributed by atoms with van der Waals surface area (Å²) in [7, 11) is 0. The summed E-state index contributed by atoms with van der Waals surface area (Å²) in [6, 6.07) is 5.18. The van der Waals surface area contributed by atoms with Gasteiger partial charge < -0.3 is 5.11 Å². The molecule has 0 bridgehead atoms. The third-order valence-electron chi connectivity index (χ3n) is 1.79. The average molecular weight is 240 g/mol. The minimum atomic E-state index is -0.861. The van der Waals surface area contributed by atoms with Crippen LogP contribution in [0.15, 0.2) is 18.2 Å². The molecule has 0 aliphatic rings. The predicted octanol–water partition coefficient (Wildman–Crippen LogP) is 3.49. The van der Waals surface area contributed by atoms with Crippen LogP contribution in [0.4, 0.5) is 0 Å². The summed E-state index contributed by atoms with van der Waals surface area (Å²) in [5.41, 5.74) is 1.59. The van der Waals surface area contributed by atoms with E-state index >= 15 is 0 Å². The van der Waals surface area contributed by atoms with Crippen molar-refractivity contribution in [1.82, 2.24) is 0 Å². The second kappa shape index (κ2) is 4.52. The van der Waals surface area contributed by atoms with Gasteiger partial charge in [0.1, 0.15) is 10.9 Å². The molecule has 72 valence electrons. The first-order valence-corrected chi connectivity index (χ1v) is 4.99. The number of aryl methyl sites for hydroxylation is 1. The van der Waals surface area contributed by atoms with Crippen LogP contribution >= 0.6 is 34.8 Å². The zero-order chi connectivity index (χ0) is 10.0. The van der Waals surface area contributed by atoms with Gasteiger partial charge in [-0.25, -0.2) is 0 Å². The summed E-state index contributed by atoms with van der Waals surface area (Å²) in [5.74, 6) is 0. The highest BCUT2D eigenvalue weighted by atomic mass is 35.5. The Morgan fingerprint density at radius 2 is 1.92 bits per heavy atom. The van der Waals surface area contributed by atoms with Crippen molar-refractivity contribution >= 4 is 34.8 Å². The van der Waals surface area contributed by atoms with Crippen LogP contribution in [-0.4, -0.2) is 9.94 Å². The number of aliphatic hydroxyl groups excluding tert-OH is 1. The molecule has 1 unspecified atom stereocenters. The molecule has 1 N–H and O–H groups in total. The van der Waals surface area contributed by atoms with Crippen molar-refractivity contribution < 1.29 is 5.11 Å². The summed E-state index contributed by atoms with van der Waals surface area (Å²) >= 11 is 16.9. The summed E-state index contributed by atoms with van der Waals surface area (Å²) in [6.07, 6.45) is -0.861. The smallest absolute Gasteiger partial charge is 0.137 e. The van der Waals surface area contributed by atoms with Gasteiger partial charge in [-0.05, 0) is 30.2 Å². The van der Waals surface area contributed by atoms with Crippen LogP contribution in [0.25, 0.3) is 0 Å². The summed E-state index contributed by atoms with van der Waals surface area (Å²) in [4.78, 5) is -0.820. The Morgan fingerprint density at radius 1 is 1.31 bits per heavy atom. The lowest BCUT2D eigenvalue weighted by Crippen LogP contribution is -2.07. The van der Waals surface area contributed by atoms with E-state index < -0.39 is 10.9 Å². The maximum atomic E-state index is 9.56. The van der Waals surface area contributed by atoms with Crippen molar-refractivity contribution in [2.24, 2.45) is 0 Å². The molecule has 0 saturated carbocycles. The van der Waals surface area contributed by atoms with E-state index in [0.717, 1.165) is 5.56 Å². The number of benzene rings is 1. The van der Waals surface area contributed by atoms with Gasteiger partial charge >= 0.3 is 0 Å². The Kier molecular flexibility index (Phi) is 3.87. The number of hydrogen-bond donors (Lipinski definition) is 1. The van der Waals surface area contributed by atoms with Crippen LogP contribution < -0.4 is 0 Å². The Bertz CT molecular complexity index is 299.